The van der Waals surface area contributed by atoms with Gasteiger partial charge in [-0.25, -0.2) is 4.79 Å². The molecular formula is C22H34BNO5. The first kappa shape index (κ1) is 22.1. The molecule has 0 saturated carbocycles. The summed E-state index contributed by atoms with van der Waals surface area (Å²) in [4.78, 5) is 13.9. The minimum absolute atomic E-state index is 0.323. The average molecular weight is 403 g/mol. The van der Waals surface area contributed by atoms with Crippen LogP contribution in [0.25, 0.3) is 0 Å². The van der Waals surface area contributed by atoms with Crippen LogP contribution in [0.2, 0.25) is 0 Å². The zero-order valence-corrected chi connectivity index (χ0v) is 18.7. The van der Waals surface area contributed by atoms with E-state index in [0.29, 0.717) is 25.9 Å². The number of ether oxygens (including phenoxy) is 1. The van der Waals surface area contributed by atoms with Crippen LogP contribution in [0.5, 0.6) is 0 Å². The molecule has 0 spiro atoms. The Balaban J connectivity index is 1.64. The van der Waals surface area contributed by atoms with Gasteiger partial charge in [0.25, 0.3) is 0 Å². The van der Waals surface area contributed by atoms with E-state index in [1.807, 2.05) is 72.7 Å². The van der Waals surface area contributed by atoms with Crippen LogP contribution in [-0.2, 0) is 19.6 Å². The zero-order chi connectivity index (χ0) is 21.7. The molecule has 29 heavy (non-hydrogen) atoms. The Labute approximate surface area is 174 Å². The van der Waals surface area contributed by atoms with Crippen LogP contribution in [-0.4, -0.2) is 53.1 Å². The van der Waals surface area contributed by atoms with Crippen LogP contribution < -0.4 is 5.46 Å². The van der Waals surface area contributed by atoms with Crippen molar-refractivity contribution in [3.05, 3.63) is 29.8 Å². The third-order valence-corrected chi connectivity index (χ3v) is 6.22. The van der Waals surface area contributed by atoms with Crippen molar-refractivity contribution in [2.45, 2.75) is 83.7 Å². The van der Waals surface area contributed by atoms with Gasteiger partial charge in [-0.05, 0) is 72.3 Å². The predicted molar refractivity (Wildman–Crippen MR) is 113 cm³/mol. The highest BCUT2D eigenvalue weighted by atomic mass is 16.7. The summed E-state index contributed by atoms with van der Waals surface area (Å²) < 4.78 is 17.6. The van der Waals surface area contributed by atoms with Crippen molar-refractivity contribution < 1.29 is 23.9 Å². The van der Waals surface area contributed by atoms with Gasteiger partial charge in [0.05, 0.1) is 16.8 Å². The third kappa shape index (κ3) is 4.62. The number of carbonyl (C=O) groups is 1. The van der Waals surface area contributed by atoms with E-state index in [1.54, 1.807) is 4.90 Å². The van der Waals surface area contributed by atoms with Crippen LogP contribution in [0.4, 0.5) is 4.79 Å². The van der Waals surface area contributed by atoms with Gasteiger partial charge >= 0.3 is 13.2 Å². The second-order valence-electron chi connectivity index (χ2n) is 10.2. The van der Waals surface area contributed by atoms with Gasteiger partial charge in [0, 0.05) is 13.1 Å². The van der Waals surface area contributed by atoms with E-state index in [4.69, 9.17) is 14.0 Å². The van der Waals surface area contributed by atoms with E-state index in [0.717, 1.165) is 11.0 Å². The maximum atomic E-state index is 12.3. The number of nitrogens with zero attached hydrogens (tertiary/aromatic N) is 1. The molecule has 1 aromatic carbocycles. The van der Waals surface area contributed by atoms with Crippen molar-refractivity contribution in [3.63, 3.8) is 0 Å². The minimum Gasteiger partial charge on any atom is -0.444 e. The van der Waals surface area contributed by atoms with Gasteiger partial charge in [-0.15, -0.1) is 0 Å². The van der Waals surface area contributed by atoms with E-state index in [-0.39, 0.29) is 17.3 Å². The number of carbonyl (C=O) groups excluding carboxylic acids is 1. The summed E-state index contributed by atoms with van der Waals surface area (Å²) >= 11 is 0. The molecular weight excluding hydrogens is 369 g/mol. The molecule has 1 N–H and O–H groups in total. The van der Waals surface area contributed by atoms with Crippen LogP contribution >= 0.6 is 0 Å². The molecule has 1 aromatic rings. The Morgan fingerprint density at radius 1 is 1.03 bits per heavy atom. The van der Waals surface area contributed by atoms with Crippen LogP contribution in [0.3, 0.4) is 0 Å². The van der Waals surface area contributed by atoms with Crippen LogP contribution in [0.1, 0.15) is 66.9 Å². The average Bonchev–Trinajstić information content (AvgIpc) is 2.82. The Morgan fingerprint density at radius 2 is 1.52 bits per heavy atom. The third-order valence-electron chi connectivity index (χ3n) is 6.22. The summed E-state index contributed by atoms with van der Waals surface area (Å²) in [6.07, 6.45) is 0.625. The largest absolute Gasteiger partial charge is 0.494 e. The molecule has 2 heterocycles. The van der Waals surface area contributed by atoms with Crippen LogP contribution in [0, 0.1) is 0 Å². The van der Waals surface area contributed by atoms with Gasteiger partial charge in [-0.2, -0.15) is 0 Å². The van der Waals surface area contributed by atoms with Crippen molar-refractivity contribution in [2.75, 3.05) is 13.1 Å². The van der Waals surface area contributed by atoms with Crippen molar-refractivity contribution in [1.82, 2.24) is 4.90 Å². The Bertz CT molecular complexity index is 729. The predicted octanol–water partition coefficient (Wildman–Crippen LogP) is 3.20. The molecule has 2 fully saturated rings. The molecule has 2 aliphatic rings. The lowest BCUT2D eigenvalue weighted by Gasteiger charge is -2.39. The molecule has 2 saturated heterocycles. The first-order chi connectivity index (χ1) is 13.2. The fraction of sp³-hybridized carbons (Fsp3) is 0.682. The number of benzene rings is 1. The molecule has 7 heteroatoms. The van der Waals surface area contributed by atoms with Crippen molar-refractivity contribution in [3.8, 4) is 0 Å². The van der Waals surface area contributed by atoms with Crippen LogP contribution in [0.15, 0.2) is 24.3 Å². The number of piperidine rings is 1. The molecule has 0 unspecified atom stereocenters. The van der Waals surface area contributed by atoms with E-state index >= 15 is 0 Å². The first-order valence-electron chi connectivity index (χ1n) is 10.4. The zero-order valence-electron chi connectivity index (χ0n) is 18.7. The number of hydrogen-bond donors (Lipinski definition) is 1. The SMILES string of the molecule is CC(C)(C)OC(=O)N1CCC(O)(c2ccc(B3OC(C)(C)C(C)(C)O3)cc2)CC1. The van der Waals surface area contributed by atoms with Gasteiger partial charge < -0.3 is 24.1 Å². The monoisotopic (exact) mass is 403 g/mol. The molecule has 0 bridgehead atoms. The van der Waals surface area contributed by atoms with E-state index in [9.17, 15) is 9.90 Å². The highest BCUT2D eigenvalue weighted by Crippen LogP contribution is 2.37. The lowest BCUT2D eigenvalue weighted by atomic mass is 9.77. The summed E-state index contributed by atoms with van der Waals surface area (Å²) in [5.41, 5.74) is -0.462. The van der Waals surface area contributed by atoms with Gasteiger partial charge in [-0.1, -0.05) is 24.3 Å². The first-order valence-corrected chi connectivity index (χ1v) is 10.4. The van der Waals surface area contributed by atoms with Crippen molar-refractivity contribution in [2.24, 2.45) is 0 Å². The summed E-state index contributed by atoms with van der Waals surface area (Å²) in [5.74, 6) is 0. The molecule has 0 aliphatic carbocycles. The molecule has 160 valence electrons. The number of amides is 1. The molecule has 1 amide bonds. The molecule has 0 atom stereocenters. The quantitative estimate of drug-likeness (QED) is 0.769. The maximum Gasteiger partial charge on any atom is 0.494 e. The summed E-state index contributed by atoms with van der Waals surface area (Å²) in [6.45, 7) is 14.6. The lowest BCUT2D eigenvalue weighted by Crippen LogP contribution is -2.47. The second-order valence-corrected chi connectivity index (χ2v) is 10.2. The normalized spacial score (nSPS) is 23.2. The minimum atomic E-state index is -0.951. The maximum absolute atomic E-state index is 12.3. The van der Waals surface area contributed by atoms with Gasteiger partial charge in [0.1, 0.15) is 5.60 Å². The topological polar surface area (TPSA) is 68.2 Å². The molecule has 2 aliphatic heterocycles. The highest BCUT2D eigenvalue weighted by molar-refractivity contribution is 6.62. The fourth-order valence-electron chi connectivity index (χ4n) is 3.60. The molecule has 0 aromatic heterocycles. The van der Waals surface area contributed by atoms with Gasteiger partial charge in [0.2, 0.25) is 0 Å². The smallest absolute Gasteiger partial charge is 0.444 e. The summed E-state index contributed by atoms with van der Waals surface area (Å²) in [5, 5.41) is 11.2. The summed E-state index contributed by atoms with van der Waals surface area (Å²) in [7, 11) is -0.419. The number of rotatable bonds is 2. The Hall–Kier alpha value is -1.57. The molecule has 3 rings (SSSR count). The molecule has 6 nitrogen and oxygen atoms in total. The van der Waals surface area contributed by atoms with Gasteiger partial charge in [0.15, 0.2) is 0 Å². The number of aliphatic hydroxyl groups is 1. The van der Waals surface area contributed by atoms with Gasteiger partial charge in [-0.3, -0.25) is 0 Å². The van der Waals surface area contributed by atoms with E-state index < -0.39 is 18.3 Å². The Kier molecular flexibility index (Phi) is 5.56. The van der Waals surface area contributed by atoms with E-state index in [1.165, 1.54) is 0 Å². The highest BCUT2D eigenvalue weighted by Gasteiger charge is 2.51. The number of likely N-dealkylation sites (tertiary alicyclic amines) is 1. The Morgan fingerprint density at radius 3 is 1.97 bits per heavy atom. The van der Waals surface area contributed by atoms with Crippen molar-refractivity contribution >= 4 is 18.7 Å². The van der Waals surface area contributed by atoms with Crippen molar-refractivity contribution in [1.29, 1.82) is 0 Å². The standard InChI is InChI=1S/C22H34BNO5/c1-19(2,3)27-18(25)24-14-12-22(26,13-15-24)16-8-10-17(11-9-16)23-28-20(4,5)21(6,7)29-23/h8-11,26H,12-15H2,1-7H3. The number of hydrogen-bond acceptors (Lipinski definition) is 5. The lowest BCUT2D eigenvalue weighted by molar-refractivity contribution is -0.0356. The van der Waals surface area contributed by atoms with E-state index in [2.05, 4.69) is 0 Å². The summed E-state index contributed by atoms with van der Waals surface area (Å²) in [6, 6.07) is 7.78. The molecule has 0 radical (unpaired) electrons. The fourth-order valence-corrected chi connectivity index (χ4v) is 3.60. The second kappa shape index (κ2) is 7.29.